The van der Waals surface area contributed by atoms with Gasteiger partial charge in [0.2, 0.25) is 0 Å². The van der Waals surface area contributed by atoms with Crippen LogP contribution in [0.15, 0.2) is 27.5 Å². The Morgan fingerprint density at radius 1 is 1.36 bits per heavy atom. The predicted octanol–water partition coefficient (Wildman–Crippen LogP) is 0.776. The van der Waals surface area contributed by atoms with E-state index in [0.29, 0.717) is 0 Å². The smallest absolute Gasteiger partial charge is 0.137 e. The molecule has 0 saturated heterocycles. The van der Waals surface area contributed by atoms with Gasteiger partial charge >= 0.3 is 0 Å². The van der Waals surface area contributed by atoms with Crippen molar-refractivity contribution in [3.8, 4) is 0 Å². The predicted molar refractivity (Wildman–Crippen MR) is 49.4 cm³/mol. The minimum atomic E-state index is 1.33. The van der Waals surface area contributed by atoms with E-state index in [0.717, 1.165) is 0 Å². The maximum atomic E-state index is 3.77. The monoisotopic (exact) mass is 152 g/mol. The second-order valence-electron chi connectivity index (χ2n) is 1.98. The molecule has 0 aromatic heterocycles. The Balaban J connectivity index is 3.59. The highest BCUT2D eigenvalue weighted by atomic mass is 15.2. The Kier molecular flexibility index (Phi) is 5.79. The van der Waals surface area contributed by atoms with Crippen molar-refractivity contribution in [1.29, 1.82) is 0 Å². The fraction of sp³-hybridized carbons (Fsp3) is 0.286. The van der Waals surface area contributed by atoms with Crippen molar-refractivity contribution in [2.75, 3.05) is 14.1 Å². The molecule has 60 valence electrons. The quantitative estimate of drug-likeness (QED) is 0.333. The molecule has 0 bridgehead atoms. The van der Waals surface area contributed by atoms with Gasteiger partial charge in [0.15, 0.2) is 0 Å². The normalized spacial score (nSPS) is 11.8. The summed E-state index contributed by atoms with van der Waals surface area (Å²) in [5.41, 5.74) is 0. The van der Waals surface area contributed by atoms with Gasteiger partial charge in [-0.25, -0.2) is 4.99 Å². The minimum absolute atomic E-state index is 1.33. The van der Waals surface area contributed by atoms with Gasteiger partial charge in [0.25, 0.3) is 0 Å². The van der Waals surface area contributed by atoms with Gasteiger partial charge in [0.1, 0.15) is 6.34 Å². The van der Waals surface area contributed by atoms with Crippen molar-refractivity contribution in [3.05, 3.63) is 12.3 Å². The van der Waals surface area contributed by atoms with Gasteiger partial charge in [-0.05, 0) is 6.08 Å². The summed E-state index contributed by atoms with van der Waals surface area (Å²) in [5, 5.41) is 6.67. The van der Waals surface area contributed by atoms with Crippen molar-refractivity contribution < 1.29 is 0 Å². The largest absolute Gasteiger partial charge is 0.383 e. The van der Waals surface area contributed by atoms with E-state index in [1.807, 2.05) is 25.2 Å². The van der Waals surface area contributed by atoms with Crippen molar-refractivity contribution in [2.24, 2.45) is 15.2 Å². The van der Waals surface area contributed by atoms with Gasteiger partial charge in [-0.15, -0.1) is 5.10 Å². The first-order valence-corrected chi connectivity index (χ1v) is 3.11. The standard InChI is InChI=1S/C7H12N4/c1-8-10-7-9-5-4-6-11(2)3/h4-7H,1H2,2-3H3/b6-4-,9-5-,10-7+. The Morgan fingerprint density at radius 2 is 2.09 bits per heavy atom. The average molecular weight is 152 g/mol. The van der Waals surface area contributed by atoms with Crippen LogP contribution in [-0.4, -0.2) is 38.3 Å². The maximum Gasteiger partial charge on any atom is 0.137 e. The molecule has 0 atom stereocenters. The molecule has 0 N–H and O–H groups in total. The molecule has 4 nitrogen and oxygen atoms in total. The van der Waals surface area contributed by atoms with Crippen molar-refractivity contribution in [2.45, 2.75) is 0 Å². The highest BCUT2D eigenvalue weighted by Crippen LogP contribution is 1.73. The van der Waals surface area contributed by atoms with E-state index < -0.39 is 0 Å². The number of allylic oxidation sites excluding steroid dienone is 1. The number of hydrogen-bond acceptors (Lipinski definition) is 3. The zero-order valence-electron chi connectivity index (χ0n) is 6.81. The number of aliphatic imine (C=N–C) groups is 1. The minimum Gasteiger partial charge on any atom is -0.383 e. The van der Waals surface area contributed by atoms with Crippen LogP contribution in [0.25, 0.3) is 0 Å². The number of nitrogens with zero attached hydrogens (tertiary/aromatic N) is 4. The molecule has 0 aliphatic carbocycles. The van der Waals surface area contributed by atoms with E-state index in [4.69, 9.17) is 0 Å². The van der Waals surface area contributed by atoms with Crippen LogP contribution < -0.4 is 0 Å². The summed E-state index contributed by atoms with van der Waals surface area (Å²) < 4.78 is 0. The molecule has 0 heterocycles. The second kappa shape index (κ2) is 6.67. The van der Waals surface area contributed by atoms with Gasteiger partial charge in [-0.3, -0.25) is 0 Å². The fourth-order valence-corrected chi connectivity index (χ4v) is 0.365. The summed E-state index contributed by atoms with van der Waals surface area (Å²) in [4.78, 5) is 5.68. The van der Waals surface area contributed by atoms with Crippen LogP contribution in [0.1, 0.15) is 0 Å². The Bertz CT molecular complexity index is 179. The van der Waals surface area contributed by atoms with Gasteiger partial charge in [0, 0.05) is 33.2 Å². The molecule has 0 aromatic rings. The first-order chi connectivity index (χ1) is 5.27. The Morgan fingerprint density at radius 3 is 2.64 bits per heavy atom. The maximum absolute atomic E-state index is 3.77. The molecule has 0 radical (unpaired) electrons. The van der Waals surface area contributed by atoms with Crippen LogP contribution in [0.3, 0.4) is 0 Å². The zero-order valence-corrected chi connectivity index (χ0v) is 6.81. The van der Waals surface area contributed by atoms with Crippen molar-refractivity contribution in [1.82, 2.24) is 4.90 Å². The van der Waals surface area contributed by atoms with Crippen LogP contribution in [0.5, 0.6) is 0 Å². The molecular weight excluding hydrogens is 140 g/mol. The van der Waals surface area contributed by atoms with Gasteiger partial charge in [0.05, 0.1) is 0 Å². The Hall–Kier alpha value is -1.45. The van der Waals surface area contributed by atoms with Gasteiger partial charge in [-0.2, -0.15) is 5.10 Å². The average Bonchev–Trinajstić information content (AvgIpc) is 1.96. The molecule has 4 heteroatoms. The lowest BCUT2D eigenvalue weighted by molar-refractivity contribution is 0.564. The topological polar surface area (TPSA) is 40.3 Å². The molecule has 0 amide bonds. The third kappa shape index (κ3) is 8.55. The summed E-state index contributed by atoms with van der Waals surface area (Å²) in [6.07, 6.45) is 6.62. The van der Waals surface area contributed by atoms with Gasteiger partial charge in [-0.1, -0.05) is 0 Å². The lowest BCUT2D eigenvalue weighted by Crippen LogP contribution is -1.99. The molecule has 0 aliphatic rings. The molecule has 0 spiro atoms. The zero-order chi connectivity index (χ0) is 8.53. The van der Waals surface area contributed by atoms with Crippen LogP contribution in [0.4, 0.5) is 0 Å². The number of rotatable bonds is 4. The number of hydrogen-bond donors (Lipinski definition) is 0. The summed E-state index contributed by atoms with van der Waals surface area (Å²) in [6, 6.07) is 0. The molecule has 0 aromatic carbocycles. The van der Waals surface area contributed by atoms with E-state index in [9.17, 15) is 0 Å². The summed E-state index contributed by atoms with van der Waals surface area (Å²) in [7, 11) is 3.87. The van der Waals surface area contributed by atoms with E-state index in [2.05, 4.69) is 21.9 Å². The van der Waals surface area contributed by atoms with Crippen LogP contribution >= 0.6 is 0 Å². The van der Waals surface area contributed by atoms with E-state index in [1.54, 1.807) is 12.3 Å². The Labute approximate surface area is 66.7 Å². The molecule has 0 fully saturated rings. The molecule has 11 heavy (non-hydrogen) atoms. The fourth-order valence-electron chi connectivity index (χ4n) is 0.365. The molecule has 0 aliphatic heterocycles. The molecule has 0 saturated carbocycles. The third-order valence-corrected chi connectivity index (χ3v) is 0.756. The SMILES string of the molecule is C=N/N=C/N=C\C=C/N(C)C. The first kappa shape index (κ1) is 9.55. The second-order valence-corrected chi connectivity index (χ2v) is 1.98. The lowest BCUT2D eigenvalue weighted by Gasteiger charge is -2.00. The first-order valence-electron chi connectivity index (χ1n) is 3.11. The van der Waals surface area contributed by atoms with Crippen LogP contribution in [0, 0.1) is 0 Å². The summed E-state index contributed by atoms with van der Waals surface area (Å²) in [6.45, 7) is 3.16. The molecule has 0 rings (SSSR count). The summed E-state index contributed by atoms with van der Waals surface area (Å²) in [5.74, 6) is 0. The van der Waals surface area contributed by atoms with E-state index >= 15 is 0 Å². The van der Waals surface area contributed by atoms with E-state index in [1.165, 1.54) is 6.34 Å². The molecular formula is C7H12N4. The highest BCUT2D eigenvalue weighted by molar-refractivity contribution is 5.79. The van der Waals surface area contributed by atoms with Crippen molar-refractivity contribution in [3.63, 3.8) is 0 Å². The summed E-state index contributed by atoms with van der Waals surface area (Å²) >= 11 is 0. The van der Waals surface area contributed by atoms with E-state index in [-0.39, 0.29) is 0 Å². The van der Waals surface area contributed by atoms with Crippen molar-refractivity contribution >= 4 is 19.3 Å². The third-order valence-electron chi connectivity index (χ3n) is 0.756. The van der Waals surface area contributed by atoms with Crippen LogP contribution in [0.2, 0.25) is 0 Å². The van der Waals surface area contributed by atoms with Crippen LogP contribution in [-0.2, 0) is 0 Å². The highest BCUT2D eigenvalue weighted by Gasteiger charge is 1.70. The lowest BCUT2D eigenvalue weighted by atomic mass is 10.6. The van der Waals surface area contributed by atoms with Gasteiger partial charge < -0.3 is 4.90 Å². The molecule has 0 unspecified atom stereocenters.